The molecule has 214 valence electrons. The molecule has 3 nitrogen and oxygen atoms in total. The zero-order valence-corrected chi connectivity index (χ0v) is 25.5. The van der Waals surface area contributed by atoms with Gasteiger partial charge in [0, 0.05) is 5.54 Å². The Morgan fingerprint density at radius 2 is 1.29 bits per heavy atom. The molecule has 0 saturated carbocycles. The third kappa shape index (κ3) is 11.5. The molecule has 0 heterocycles. The van der Waals surface area contributed by atoms with Gasteiger partial charge in [0.25, 0.3) is 0 Å². The third-order valence-electron chi connectivity index (χ3n) is 7.59. The van der Waals surface area contributed by atoms with E-state index in [9.17, 15) is 0 Å². The van der Waals surface area contributed by atoms with Gasteiger partial charge in [-0.25, -0.2) is 0 Å². The number of ether oxygens (including phenoxy) is 2. The van der Waals surface area contributed by atoms with E-state index in [2.05, 4.69) is 57.2 Å². The summed E-state index contributed by atoms with van der Waals surface area (Å²) in [6, 6.07) is 14.9. The van der Waals surface area contributed by atoms with Crippen molar-refractivity contribution in [3.8, 4) is 5.75 Å². The maximum atomic E-state index is 6.51. The first kappa shape index (κ1) is 32.4. The molecule has 0 saturated heterocycles. The Balaban J connectivity index is 2.09. The number of unbranched alkanes of at least 4 members (excludes halogenated alkanes) is 10. The van der Waals surface area contributed by atoms with Crippen molar-refractivity contribution in [1.29, 1.82) is 0 Å². The van der Waals surface area contributed by atoms with E-state index in [1.165, 1.54) is 88.2 Å². The van der Waals surface area contributed by atoms with Crippen LogP contribution in [0, 0.1) is 0 Å². The van der Waals surface area contributed by atoms with E-state index in [0.717, 1.165) is 29.7 Å². The van der Waals surface area contributed by atoms with E-state index >= 15 is 0 Å². The van der Waals surface area contributed by atoms with Gasteiger partial charge < -0.3 is 15.2 Å². The van der Waals surface area contributed by atoms with Gasteiger partial charge in [0.05, 0.1) is 6.10 Å². The maximum Gasteiger partial charge on any atom is 0.197 e. The molecule has 2 N–H and O–H groups in total. The van der Waals surface area contributed by atoms with Crippen LogP contribution in [-0.4, -0.2) is 6.29 Å². The number of hydrogen-bond donors (Lipinski definition) is 1. The molecule has 2 aromatic carbocycles. The third-order valence-corrected chi connectivity index (χ3v) is 7.59. The highest BCUT2D eigenvalue weighted by molar-refractivity contribution is 5.41. The zero-order valence-electron chi connectivity index (χ0n) is 25.5. The normalized spacial score (nSPS) is 13.4. The predicted octanol–water partition coefficient (Wildman–Crippen LogP) is 10.2. The van der Waals surface area contributed by atoms with Gasteiger partial charge in [-0.05, 0) is 81.7 Å². The molecule has 0 spiro atoms. The minimum Gasteiger partial charge on any atom is -0.465 e. The molecule has 0 amide bonds. The zero-order chi connectivity index (χ0) is 27.8. The van der Waals surface area contributed by atoms with Gasteiger partial charge in [-0.15, -0.1) is 0 Å². The van der Waals surface area contributed by atoms with Crippen LogP contribution in [0.3, 0.4) is 0 Å². The number of aryl methyl sites for hydroxylation is 1. The Kier molecular flexibility index (Phi) is 15.1. The Bertz CT molecular complexity index is 901. The van der Waals surface area contributed by atoms with Crippen molar-refractivity contribution < 1.29 is 9.47 Å². The average molecular weight is 524 g/mol. The Labute approximate surface area is 234 Å². The van der Waals surface area contributed by atoms with Crippen molar-refractivity contribution >= 4 is 0 Å². The lowest BCUT2D eigenvalue weighted by molar-refractivity contribution is -0.104. The molecule has 0 aliphatic carbocycles. The van der Waals surface area contributed by atoms with Crippen molar-refractivity contribution in [3.05, 3.63) is 64.7 Å². The SMILES string of the molecule is CCCCCCCCc1cccc(OC(C)OC(C)c2ccccc2C(C)(C)N)c1CCCCCCCC. The molecule has 0 aliphatic rings. The highest BCUT2D eigenvalue weighted by Gasteiger charge is 2.23. The van der Waals surface area contributed by atoms with Crippen molar-refractivity contribution in [2.75, 3.05) is 0 Å². The minimum atomic E-state index is -0.423. The first-order valence-corrected chi connectivity index (χ1v) is 15.6. The van der Waals surface area contributed by atoms with Crippen LogP contribution in [0.15, 0.2) is 42.5 Å². The van der Waals surface area contributed by atoms with Crippen LogP contribution in [0.1, 0.15) is 147 Å². The molecular formula is C35H57NO2. The van der Waals surface area contributed by atoms with Gasteiger partial charge in [0.1, 0.15) is 5.75 Å². The van der Waals surface area contributed by atoms with E-state index in [0.29, 0.717) is 0 Å². The molecule has 3 heteroatoms. The molecule has 0 bridgehead atoms. The second kappa shape index (κ2) is 17.7. The topological polar surface area (TPSA) is 44.5 Å². The molecule has 2 unspecified atom stereocenters. The molecule has 0 fully saturated rings. The molecule has 0 aromatic heterocycles. The highest BCUT2D eigenvalue weighted by atomic mass is 16.7. The summed E-state index contributed by atoms with van der Waals surface area (Å²) in [6.07, 6.45) is 17.5. The van der Waals surface area contributed by atoms with E-state index in [1.807, 2.05) is 26.8 Å². The molecule has 38 heavy (non-hydrogen) atoms. The van der Waals surface area contributed by atoms with Crippen LogP contribution >= 0.6 is 0 Å². The van der Waals surface area contributed by atoms with E-state index in [1.54, 1.807) is 0 Å². The lowest BCUT2D eigenvalue weighted by Crippen LogP contribution is -2.31. The molecular weight excluding hydrogens is 466 g/mol. The lowest BCUT2D eigenvalue weighted by atomic mass is 9.89. The Morgan fingerprint density at radius 1 is 0.711 bits per heavy atom. The predicted molar refractivity (Wildman–Crippen MR) is 164 cm³/mol. The Morgan fingerprint density at radius 3 is 1.92 bits per heavy atom. The molecule has 0 radical (unpaired) electrons. The van der Waals surface area contributed by atoms with Crippen molar-refractivity contribution in [2.45, 2.75) is 149 Å². The summed E-state index contributed by atoms with van der Waals surface area (Å²) in [5, 5.41) is 0. The van der Waals surface area contributed by atoms with E-state index in [4.69, 9.17) is 15.2 Å². The second-order valence-electron chi connectivity index (χ2n) is 11.7. The summed E-state index contributed by atoms with van der Waals surface area (Å²) in [5.41, 5.74) is 11.1. The molecule has 0 aliphatic heterocycles. The molecule has 2 rings (SSSR count). The van der Waals surface area contributed by atoms with Crippen molar-refractivity contribution in [2.24, 2.45) is 5.73 Å². The lowest BCUT2D eigenvalue weighted by Gasteiger charge is -2.28. The fourth-order valence-electron chi connectivity index (χ4n) is 5.42. The molecule has 2 aromatic rings. The largest absolute Gasteiger partial charge is 0.465 e. The maximum absolute atomic E-state index is 6.51. The first-order valence-electron chi connectivity index (χ1n) is 15.6. The number of nitrogens with two attached hydrogens (primary N) is 1. The van der Waals surface area contributed by atoms with Gasteiger partial charge in [0.15, 0.2) is 6.29 Å². The average Bonchev–Trinajstić information content (AvgIpc) is 2.88. The summed E-state index contributed by atoms with van der Waals surface area (Å²) in [6.45, 7) is 12.8. The quantitative estimate of drug-likeness (QED) is 0.139. The summed E-state index contributed by atoms with van der Waals surface area (Å²) in [7, 11) is 0. The van der Waals surface area contributed by atoms with Crippen molar-refractivity contribution in [3.63, 3.8) is 0 Å². The number of benzene rings is 2. The standard InChI is InChI=1S/C35H57NO2/c1-7-9-11-13-15-17-22-30-23-21-27-34(32(30)25-18-16-14-12-10-8-2)38-29(4)37-28(3)31-24-19-20-26-33(31)35(5,6)36/h19-21,23-24,26-29H,7-18,22,25,36H2,1-6H3. The summed E-state index contributed by atoms with van der Waals surface area (Å²) in [4.78, 5) is 0. The van der Waals surface area contributed by atoms with Crippen LogP contribution in [0.25, 0.3) is 0 Å². The van der Waals surface area contributed by atoms with Crippen LogP contribution in [-0.2, 0) is 23.1 Å². The fraction of sp³-hybridized carbons (Fsp3) is 0.657. The highest BCUT2D eigenvalue weighted by Crippen LogP contribution is 2.31. The van der Waals surface area contributed by atoms with Crippen molar-refractivity contribution in [1.82, 2.24) is 0 Å². The van der Waals surface area contributed by atoms with Gasteiger partial charge in [-0.3, -0.25) is 0 Å². The van der Waals surface area contributed by atoms with Gasteiger partial charge in [-0.1, -0.05) is 114 Å². The van der Waals surface area contributed by atoms with Crippen LogP contribution in [0.4, 0.5) is 0 Å². The number of rotatable bonds is 20. The fourth-order valence-corrected chi connectivity index (χ4v) is 5.42. The minimum absolute atomic E-state index is 0.114. The van der Waals surface area contributed by atoms with E-state index in [-0.39, 0.29) is 12.4 Å². The van der Waals surface area contributed by atoms with Gasteiger partial charge in [0.2, 0.25) is 0 Å². The Hall–Kier alpha value is -1.84. The smallest absolute Gasteiger partial charge is 0.197 e. The van der Waals surface area contributed by atoms with Crippen LogP contribution in [0.2, 0.25) is 0 Å². The first-order chi connectivity index (χ1) is 18.3. The van der Waals surface area contributed by atoms with Crippen LogP contribution < -0.4 is 10.5 Å². The molecule has 2 atom stereocenters. The summed E-state index contributed by atoms with van der Waals surface area (Å²) in [5.74, 6) is 0.995. The summed E-state index contributed by atoms with van der Waals surface area (Å²) < 4.78 is 12.9. The number of hydrogen-bond acceptors (Lipinski definition) is 3. The van der Waals surface area contributed by atoms with Gasteiger partial charge >= 0.3 is 0 Å². The second-order valence-corrected chi connectivity index (χ2v) is 11.7. The van der Waals surface area contributed by atoms with Crippen LogP contribution in [0.5, 0.6) is 5.75 Å². The monoisotopic (exact) mass is 523 g/mol. The summed E-state index contributed by atoms with van der Waals surface area (Å²) >= 11 is 0. The van der Waals surface area contributed by atoms with Gasteiger partial charge in [-0.2, -0.15) is 0 Å². The van der Waals surface area contributed by atoms with E-state index < -0.39 is 5.54 Å².